The molecule has 0 aliphatic heterocycles. The average molecular weight is 289 g/mol. The lowest BCUT2D eigenvalue weighted by atomic mass is 10.2. The van der Waals surface area contributed by atoms with Gasteiger partial charge in [-0.05, 0) is 44.4 Å². The van der Waals surface area contributed by atoms with Gasteiger partial charge in [0.2, 0.25) is 5.89 Å². The molecule has 2 aromatic heterocycles. The molecule has 6 nitrogen and oxygen atoms in total. The number of pyridine rings is 1. The first kappa shape index (κ1) is 14.5. The second-order valence-corrected chi connectivity index (χ2v) is 5.30. The molecule has 1 atom stereocenters. The third-order valence-electron chi connectivity index (χ3n) is 2.79. The highest BCUT2D eigenvalue weighted by molar-refractivity contribution is 7.99. The molecule has 0 saturated heterocycles. The van der Waals surface area contributed by atoms with E-state index in [2.05, 4.69) is 28.2 Å². The molecule has 0 unspecified atom stereocenters. The molecule has 2 aromatic rings. The number of hydrogen-bond donors (Lipinski definition) is 0. The average Bonchev–Trinajstić information content (AvgIpc) is 2.88. The van der Waals surface area contributed by atoms with Crippen LogP contribution in [0, 0.1) is 11.3 Å². The Morgan fingerprint density at radius 2 is 2.25 bits per heavy atom. The van der Waals surface area contributed by atoms with Gasteiger partial charge in [0.25, 0.3) is 5.22 Å². The van der Waals surface area contributed by atoms with Crippen LogP contribution in [0.2, 0.25) is 0 Å². The fourth-order valence-corrected chi connectivity index (χ4v) is 2.51. The van der Waals surface area contributed by atoms with Crippen LogP contribution in [0.5, 0.6) is 0 Å². The van der Waals surface area contributed by atoms with E-state index in [1.54, 1.807) is 18.3 Å². The summed E-state index contributed by atoms with van der Waals surface area (Å²) in [5.41, 5.74) is 0.497. The maximum atomic E-state index is 9.02. The third kappa shape index (κ3) is 3.15. The van der Waals surface area contributed by atoms with Crippen molar-refractivity contribution in [2.45, 2.75) is 29.6 Å². The minimum atomic E-state index is 0.0935. The van der Waals surface area contributed by atoms with E-state index >= 15 is 0 Å². The molecule has 0 saturated carbocycles. The lowest BCUT2D eigenvalue weighted by molar-refractivity contribution is 0.233. The highest BCUT2D eigenvalue weighted by Crippen LogP contribution is 2.29. The summed E-state index contributed by atoms with van der Waals surface area (Å²) in [6.07, 6.45) is 2.52. The van der Waals surface area contributed by atoms with Crippen LogP contribution < -0.4 is 0 Å². The van der Waals surface area contributed by atoms with Crippen molar-refractivity contribution in [2.75, 3.05) is 14.1 Å². The number of aromatic nitrogens is 3. The van der Waals surface area contributed by atoms with Crippen molar-refractivity contribution in [2.24, 2.45) is 0 Å². The Balaban J connectivity index is 2.20. The molecular formula is C13H15N5OS. The minimum Gasteiger partial charge on any atom is -0.414 e. The molecule has 0 aromatic carbocycles. The Labute approximate surface area is 121 Å². The van der Waals surface area contributed by atoms with Gasteiger partial charge in [-0.3, -0.25) is 4.90 Å². The first-order chi connectivity index (χ1) is 9.65. The van der Waals surface area contributed by atoms with Crippen molar-refractivity contribution in [3.8, 4) is 6.07 Å². The second-order valence-electron chi connectivity index (χ2n) is 4.36. The van der Waals surface area contributed by atoms with Crippen LogP contribution in [0.15, 0.2) is 33.0 Å². The highest BCUT2D eigenvalue weighted by Gasteiger charge is 2.20. The van der Waals surface area contributed by atoms with Crippen molar-refractivity contribution >= 4 is 11.8 Å². The molecule has 0 aliphatic carbocycles. The zero-order chi connectivity index (χ0) is 14.5. The monoisotopic (exact) mass is 289 g/mol. The normalized spacial score (nSPS) is 12.3. The Morgan fingerprint density at radius 1 is 1.45 bits per heavy atom. The van der Waals surface area contributed by atoms with Gasteiger partial charge in [0.05, 0.1) is 11.6 Å². The number of nitriles is 1. The Hall–Kier alpha value is -1.91. The molecular weight excluding hydrogens is 274 g/mol. The lowest BCUT2D eigenvalue weighted by Crippen LogP contribution is -2.19. The Kier molecular flexibility index (Phi) is 4.71. The fraction of sp³-hybridized carbons (Fsp3) is 0.385. The molecule has 0 amide bonds. The molecule has 20 heavy (non-hydrogen) atoms. The van der Waals surface area contributed by atoms with Crippen LogP contribution in [-0.4, -0.2) is 34.2 Å². The maximum Gasteiger partial charge on any atom is 0.283 e. The SMILES string of the molecule is CC[C@H](c1nnc(Sc2ncccc2C#N)o1)N(C)C. The topological polar surface area (TPSA) is 78.8 Å². The van der Waals surface area contributed by atoms with E-state index in [1.165, 1.54) is 11.8 Å². The van der Waals surface area contributed by atoms with Crippen molar-refractivity contribution in [3.63, 3.8) is 0 Å². The van der Waals surface area contributed by atoms with Crippen LogP contribution in [-0.2, 0) is 0 Å². The molecule has 7 heteroatoms. The quantitative estimate of drug-likeness (QED) is 0.836. The lowest BCUT2D eigenvalue weighted by Gasteiger charge is -2.18. The Bertz CT molecular complexity index is 619. The molecule has 0 spiro atoms. The van der Waals surface area contributed by atoms with Crippen LogP contribution in [0.3, 0.4) is 0 Å². The smallest absolute Gasteiger partial charge is 0.283 e. The third-order valence-corrected chi connectivity index (χ3v) is 3.65. The van der Waals surface area contributed by atoms with E-state index in [4.69, 9.17) is 9.68 Å². The van der Waals surface area contributed by atoms with Gasteiger partial charge >= 0.3 is 0 Å². The summed E-state index contributed by atoms with van der Waals surface area (Å²) in [6.45, 7) is 2.06. The summed E-state index contributed by atoms with van der Waals surface area (Å²) < 4.78 is 5.65. The van der Waals surface area contributed by atoms with Crippen molar-refractivity contribution in [3.05, 3.63) is 29.8 Å². The summed E-state index contributed by atoms with van der Waals surface area (Å²) in [6, 6.07) is 5.62. The van der Waals surface area contributed by atoms with Gasteiger partial charge in [0, 0.05) is 6.20 Å². The van der Waals surface area contributed by atoms with Gasteiger partial charge in [0.15, 0.2) is 0 Å². The number of nitrogens with zero attached hydrogens (tertiary/aromatic N) is 5. The van der Waals surface area contributed by atoms with E-state index in [0.717, 1.165) is 6.42 Å². The number of hydrogen-bond acceptors (Lipinski definition) is 7. The van der Waals surface area contributed by atoms with Gasteiger partial charge in [-0.2, -0.15) is 5.26 Å². The molecule has 104 valence electrons. The predicted molar refractivity (Wildman–Crippen MR) is 74.1 cm³/mol. The van der Waals surface area contributed by atoms with Gasteiger partial charge in [-0.15, -0.1) is 10.2 Å². The first-order valence-electron chi connectivity index (χ1n) is 6.18. The summed E-state index contributed by atoms with van der Waals surface area (Å²) in [7, 11) is 3.94. The minimum absolute atomic E-state index is 0.0935. The van der Waals surface area contributed by atoms with Crippen molar-refractivity contribution < 1.29 is 4.42 Å². The molecule has 0 aliphatic rings. The van der Waals surface area contributed by atoms with E-state index in [1.807, 2.05) is 19.0 Å². The van der Waals surface area contributed by atoms with Crippen LogP contribution >= 0.6 is 11.8 Å². The molecule has 0 radical (unpaired) electrons. The maximum absolute atomic E-state index is 9.02. The second kappa shape index (κ2) is 6.50. The van der Waals surface area contributed by atoms with E-state index in [9.17, 15) is 0 Å². The summed E-state index contributed by atoms with van der Waals surface area (Å²) in [4.78, 5) is 6.19. The molecule has 2 heterocycles. The fourth-order valence-electron chi connectivity index (χ4n) is 1.80. The molecule has 2 rings (SSSR count). The van der Waals surface area contributed by atoms with Gasteiger partial charge in [-0.1, -0.05) is 6.92 Å². The van der Waals surface area contributed by atoms with E-state index in [-0.39, 0.29) is 6.04 Å². The largest absolute Gasteiger partial charge is 0.414 e. The molecule has 0 bridgehead atoms. The summed E-state index contributed by atoms with van der Waals surface area (Å²) in [5.74, 6) is 0.578. The van der Waals surface area contributed by atoms with E-state index < -0.39 is 0 Å². The zero-order valence-electron chi connectivity index (χ0n) is 11.6. The number of rotatable bonds is 5. The van der Waals surface area contributed by atoms with Gasteiger partial charge < -0.3 is 4.42 Å². The molecule has 0 N–H and O–H groups in total. The Morgan fingerprint density at radius 3 is 2.90 bits per heavy atom. The van der Waals surface area contributed by atoms with Gasteiger partial charge in [-0.25, -0.2) is 4.98 Å². The van der Waals surface area contributed by atoms with Crippen LogP contribution in [0.1, 0.15) is 30.8 Å². The summed E-state index contributed by atoms with van der Waals surface area (Å²) >= 11 is 1.21. The first-order valence-corrected chi connectivity index (χ1v) is 7.00. The molecule has 0 fully saturated rings. The zero-order valence-corrected chi connectivity index (χ0v) is 12.4. The van der Waals surface area contributed by atoms with Crippen LogP contribution in [0.25, 0.3) is 0 Å². The van der Waals surface area contributed by atoms with Crippen LogP contribution in [0.4, 0.5) is 0 Å². The highest BCUT2D eigenvalue weighted by atomic mass is 32.2. The summed E-state index contributed by atoms with van der Waals surface area (Å²) in [5, 5.41) is 18.1. The van der Waals surface area contributed by atoms with Crippen molar-refractivity contribution in [1.82, 2.24) is 20.1 Å². The predicted octanol–water partition coefficient (Wildman–Crippen LogP) is 2.50. The standard InChI is InChI=1S/C13H15N5OS/c1-4-10(18(2)3)11-16-17-13(19-11)20-12-9(8-14)6-5-7-15-12/h5-7,10H,4H2,1-3H3/t10-/m1/s1. The van der Waals surface area contributed by atoms with Gasteiger partial charge in [0.1, 0.15) is 11.1 Å². The van der Waals surface area contributed by atoms with Crippen molar-refractivity contribution in [1.29, 1.82) is 5.26 Å². The van der Waals surface area contributed by atoms with E-state index in [0.29, 0.717) is 21.7 Å².